The molecule has 0 aliphatic carbocycles. The molecule has 6 N–H and O–H groups in total. The van der Waals surface area contributed by atoms with Crippen molar-refractivity contribution >= 4 is 46.2 Å². The summed E-state index contributed by atoms with van der Waals surface area (Å²) in [6.45, 7) is 9.56. The number of anilines is 1. The van der Waals surface area contributed by atoms with Gasteiger partial charge < -0.3 is 36.0 Å². The molecule has 264 valence electrons. The Bertz CT molecular complexity index is 1640. The number of fused-ring (bicyclic) bond motifs is 1. The molecule has 2 amide bonds. The SMILES string of the molecule is CC(C)N(CCNC(=O)NCc1nc(NCC(c2ccc(Cl)cc2)c2ccc(Cl)cc2)c2ncn(C3OC(CO)C(O)C3O)c2n1)C(C)C. The number of aromatic nitrogens is 4. The normalized spacial score (nSPS) is 19.4. The second-order valence-electron chi connectivity index (χ2n) is 12.6. The zero-order chi connectivity index (χ0) is 35.2. The summed E-state index contributed by atoms with van der Waals surface area (Å²) in [5, 5.41) is 41.3. The molecule has 0 bridgehead atoms. The van der Waals surface area contributed by atoms with Crippen molar-refractivity contribution in [2.45, 2.75) is 76.8 Å². The number of urea groups is 1. The average molecular weight is 716 g/mol. The van der Waals surface area contributed by atoms with Crippen LogP contribution < -0.4 is 16.0 Å². The number of aliphatic hydroxyl groups is 3. The van der Waals surface area contributed by atoms with Crippen molar-refractivity contribution in [1.29, 1.82) is 0 Å². The highest BCUT2D eigenvalue weighted by atomic mass is 35.5. The average Bonchev–Trinajstić information content (AvgIpc) is 3.62. The summed E-state index contributed by atoms with van der Waals surface area (Å²) < 4.78 is 7.28. The zero-order valence-corrected chi connectivity index (χ0v) is 29.4. The van der Waals surface area contributed by atoms with Crippen molar-refractivity contribution in [3.05, 3.63) is 81.9 Å². The van der Waals surface area contributed by atoms with Gasteiger partial charge in [0.1, 0.15) is 18.3 Å². The number of ether oxygens (including phenoxy) is 1. The van der Waals surface area contributed by atoms with Crippen molar-refractivity contribution in [3.63, 3.8) is 0 Å². The number of carbonyl (C=O) groups is 1. The highest BCUT2D eigenvalue weighted by molar-refractivity contribution is 6.30. The lowest BCUT2D eigenvalue weighted by atomic mass is 9.91. The molecule has 1 saturated heterocycles. The molecule has 0 spiro atoms. The summed E-state index contributed by atoms with van der Waals surface area (Å²) in [7, 11) is 0. The Morgan fingerprint density at radius 2 is 1.55 bits per heavy atom. The number of hydrogen-bond donors (Lipinski definition) is 6. The van der Waals surface area contributed by atoms with Gasteiger partial charge in [-0.15, -0.1) is 0 Å². The van der Waals surface area contributed by atoms with Gasteiger partial charge >= 0.3 is 6.03 Å². The zero-order valence-electron chi connectivity index (χ0n) is 27.9. The number of benzene rings is 2. The maximum absolute atomic E-state index is 12.8. The van der Waals surface area contributed by atoms with E-state index in [-0.39, 0.29) is 24.3 Å². The first kappa shape index (κ1) is 36.7. The van der Waals surface area contributed by atoms with E-state index in [0.717, 1.165) is 11.1 Å². The van der Waals surface area contributed by atoms with Crippen molar-refractivity contribution in [3.8, 4) is 0 Å². The molecular formula is C34H44Cl2N8O5. The standard InChI is InChI=1S/C34H44Cl2N8O5/c1-19(2)43(20(3)4)14-13-37-34(48)39-16-27-41-31(28-32(42-27)44(18-40-28)33-30(47)29(46)26(17-45)49-33)38-15-25(21-5-9-23(35)10-6-21)22-7-11-24(36)12-8-22/h5-12,18-20,25-26,29-30,33,45-47H,13-17H2,1-4H3,(H2,37,39,48)(H,38,41,42). The monoisotopic (exact) mass is 714 g/mol. The number of aliphatic hydroxyl groups excluding tert-OH is 3. The van der Waals surface area contributed by atoms with Crippen LogP contribution in [0.2, 0.25) is 10.0 Å². The third kappa shape index (κ3) is 8.79. The maximum Gasteiger partial charge on any atom is 0.315 e. The second-order valence-corrected chi connectivity index (χ2v) is 13.5. The second kappa shape index (κ2) is 16.4. The van der Waals surface area contributed by atoms with Gasteiger partial charge in [0.05, 0.1) is 19.5 Å². The van der Waals surface area contributed by atoms with Crippen molar-refractivity contribution < 1.29 is 24.9 Å². The van der Waals surface area contributed by atoms with Gasteiger partial charge in [-0.2, -0.15) is 0 Å². The number of amides is 2. The molecule has 49 heavy (non-hydrogen) atoms. The number of rotatable bonds is 14. The number of halogens is 2. The lowest BCUT2D eigenvalue weighted by Gasteiger charge is -2.30. The summed E-state index contributed by atoms with van der Waals surface area (Å²) in [6.07, 6.45) is -3.25. The molecule has 1 fully saturated rings. The highest BCUT2D eigenvalue weighted by Gasteiger charge is 2.44. The predicted molar refractivity (Wildman–Crippen MR) is 189 cm³/mol. The lowest BCUT2D eigenvalue weighted by molar-refractivity contribution is -0.0511. The van der Waals surface area contributed by atoms with E-state index in [1.807, 2.05) is 48.5 Å². The Kier molecular flexibility index (Phi) is 12.3. The van der Waals surface area contributed by atoms with E-state index in [9.17, 15) is 20.1 Å². The summed E-state index contributed by atoms with van der Waals surface area (Å²) in [4.78, 5) is 29.0. The summed E-state index contributed by atoms with van der Waals surface area (Å²) in [6, 6.07) is 15.5. The molecule has 3 heterocycles. The van der Waals surface area contributed by atoms with Crippen LogP contribution in [0.1, 0.15) is 56.8 Å². The molecule has 0 saturated carbocycles. The smallest absolute Gasteiger partial charge is 0.315 e. The molecule has 4 atom stereocenters. The molecule has 1 aliphatic heterocycles. The Balaban J connectivity index is 1.42. The lowest BCUT2D eigenvalue weighted by Crippen LogP contribution is -2.44. The van der Waals surface area contributed by atoms with E-state index in [0.29, 0.717) is 58.7 Å². The molecule has 0 radical (unpaired) electrons. The van der Waals surface area contributed by atoms with E-state index in [4.69, 9.17) is 32.9 Å². The van der Waals surface area contributed by atoms with Crippen LogP contribution in [0.4, 0.5) is 10.6 Å². The minimum absolute atomic E-state index is 0.00647. The fourth-order valence-electron chi connectivity index (χ4n) is 6.11. The summed E-state index contributed by atoms with van der Waals surface area (Å²) >= 11 is 12.4. The number of imidazole rings is 1. The Hall–Kier alpha value is -3.56. The van der Waals surface area contributed by atoms with Crippen LogP contribution >= 0.6 is 23.2 Å². The molecule has 15 heteroatoms. The van der Waals surface area contributed by atoms with Gasteiger partial charge in [-0.1, -0.05) is 47.5 Å². The van der Waals surface area contributed by atoms with E-state index in [1.54, 1.807) is 0 Å². The van der Waals surface area contributed by atoms with E-state index >= 15 is 0 Å². The van der Waals surface area contributed by atoms with Crippen LogP contribution in [0.5, 0.6) is 0 Å². The van der Waals surface area contributed by atoms with Gasteiger partial charge in [0.15, 0.2) is 29.0 Å². The van der Waals surface area contributed by atoms with E-state index < -0.39 is 31.1 Å². The molecule has 2 aromatic heterocycles. The van der Waals surface area contributed by atoms with E-state index in [1.165, 1.54) is 10.9 Å². The van der Waals surface area contributed by atoms with Crippen molar-refractivity contribution in [1.82, 2.24) is 35.1 Å². The van der Waals surface area contributed by atoms with Gasteiger partial charge in [-0.25, -0.2) is 19.7 Å². The Morgan fingerprint density at radius 3 is 2.10 bits per heavy atom. The Morgan fingerprint density at radius 1 is 0.939 bits per heavy atom. The minimum atomic E-state index is -1.34. The third-order valence-corrected chi connectivity index (χ3v) is 9.17. The fourth-order valence-corrected chi connectivity index (χ4v) is 6.36. The number of hydrogen-bond acceptors (Lipinski definition) is 10. The molecular weight excluding hydrogens is 671 g/mol. The van der Waals surface area contributed by atoms with Crippen molar-refractivity contribution in [2.24, 2.45) is 0 Å². The van der Waals surface area contributed by atoms with Crippen LogP contribution in [-0.2, 0) is 11.3 Å². The van der Waals surface area contributed by atoms with Crippen LogP contribution in [0.25, 0.3) is 11.2 Å². The maximum atomic E-state index is 12.8. The van der Waals surface area contributed by atoms with Crippen LogP contribution in [0, 0.1) is 0 Å². The molecule has 4 unspecified atom stereocenters. The highest BCUT2D eigenvalue weighted by Crippen LogP contribution is 2.33. The minimum Gasteiger partial charge on any atom is -0.394 e. The molecule has 5 rings (SSSR count). The topological polar surface area (TPSA) is 170 Å². The van der Waals surface area contributed by atoms with Gasteiger partial charge in [-0.3, -0.25) is 9.47 Å². The summed E-state index contributed by atoms with van der Waals surface area (Å²) in [5.41, 5.74) is 2.71. The van der Waals surface area contributed by atoms with E-state index in [2.05, 4.69) is 58.5 Å². The van der Waals surface area contributed by atoms with Crippen LogP contribution in [0.15, 0.2) is 54.9 Å². The van der Waals surface area contributed by atoms with Gasteiger partial charge in [0.25, 0.3) is 0 Å². The predicted octanol–water partition coefficient (Wildman–Crippen LogP) is 3.91. The molecule has 4 aromatic rings. The number of carbonyl (C=O) groups excluding carboxylic acids is 1. The van der Waals surface area contributed by atoms with Gasteiger partial charge in [0.2, 0.25) is 0 Å². The largest absolute Gasteiger partial charge is 0.394 e. The molecule has 2 aromatic carbocycles. The fraction of sp³-hybridized carbons (Fsp3) is 0.471. The molecule has 1 aliphatic rings. The summed E-state index contributed by atoms with van der Waals surface area (Å²) in [5.74, 6) is 0.537. The van der Waals surface area contributed by atoms with Crippen LogP contribution in [-0.4, -0.2) is 102 Å². The Labute approximate surface area is 295 Å². The third-order valence-electron chi connectivity index (χ3n) is 8.67. The van der Waals surface area contributed by atoms with Gasteiger partial charge in [0, 0.05) is 47.7 Å². The number of nitrogens with one attached hydrogen (secondary N) is 3. The first-order valence-electron chi connectivity index (χ1n) is 16.3. The first-order chi connectivity index (χ1) is 23.5. The quantitative estimate of drug-likeness (QED) is 0.113. The van der Waals surface area contributed by atoms with Crippen molar-refractivity contribution in [2.75, 3.05) is 31.6 Å². The van der Waals surface area contributed by atoms with Gasteiger partial charge in [-0.05, 0) is 63.1 Å². The number of nitrogens with zero attached hydrogens (tertiary/aromatic N) is 5. The molecule has 13 nitrogen and oxygen atoms in total. The van der Waals surface area contributed by atoms with Crippen LogP contribution in [0.3, 0.4) is 0 Å². The first-order valence-corrected chi connectivity index (χ1v) is 17.1.